The predicted molar refractivity (Wildman–Crippen MR) is 42.3 cm³/mol. The maximum atomic E-state index is 13.0. The molecule has 1 N–H and O–H groups in total. The average molecular weight is 229 g/mol. The highest BCUT2D eigenvalue weighted by Crippen LogP contribution is 2.29. The van der Waals surface area contributed by atoms with E-state index in [1.807, 2.05) is 0 Å². The zero-order valence-corrected chi connectivity index (χ0v) is 7.40. The molecule has 1 atom stereocenters. The third-order valence-electron chi connectivity index (χ3n) is 1.61. The van der Waals surface area contributed by atoms with E-state index in [0.717, 1.165) is 6.07 Å². The summed E-state index contributed by atoms with van der Waals surface area (Å²) in [6, 6.07) is 1.60. The highest BCUT2D eigenvalue weighted by molar-refractivity contribution is 6.30. The Balaban J connectivity index is 3.25. The zero-order valence-electron chi connectivity index (χ0n) is 6.65. The first-order chi connectivity index (χ1) is 6.45. The van der Waals surface area contributed by atoms with Gasteiger partial charge in [-0.25, -0.2) is 17.6 Å². The summed E-state index contributed by atoms with van der Waals surface area (Å²) >= 11 is 5.24. The number of aliphatic hydroxyl groups is 1. The van der Waals surface area contributed by atoms with Crippen LogP contribution in [0.2, 0.25) is 5.02 Å². The molecule has 0 fully saturated rings. The lowest BCUT2D eigenvalue weighted by Crippen LogP contribution is -2.12. The zero-order chi connectivity index (χ0) is 10.9. The van der Waals surface area contributed by atoms with Crippen molar-refractivity contribution in [3.05, 3.63) is 34.4 Å². The van der Waals surface area contributed by atoms with Gasteiger partial charge in [0.2, 0.25) is 0 Å². The Morgan fingerprint density at radius 1 is 1.21 bits per heavy atom. The van der Waals surface area contributed by atoms with Gasteiger partial charge >= 0.3 is 0 Å². The van der Waals surface area contributed by atoms with Crippen molar-refractivity contribution in [1.82, 2.24) is 0 Å². The molecule has 0 heterocycles. The van der Waals surface area contributed by atoms with E-state index in [4.69, 9.17) is 16.7 Å². The maximum Gasteiger partial charge on any atom is 0.268 e. The van der Waals surface area contributed by atoms with E-state index in [9.17, 15) is 17.6 Å². The van der Waals surface area contributed by atoms with Gasteiger partial charge in [-0.3, -0.25) is 0 Å². The number of hydrogen-bond donors (Lipinski definition) is 1. The van der Waals surface area contributed by atoms with Crippen molar-refractivity contribution in [2.24, 2.45) is 0 Å². The molecule has 0 amide bonds. The molecule has 1 unspecified atom stereocenters. The monoisotopic (exact) mass is 228 g/mol. The molecule has 14 heavy (non-hydrogen) atoms. The van der Waals surface area contributed by atoms with Gasteiger partial charge in [0.05, 0.1) is 10.6 Å². The molecule has 0 aliphatic carbocycles. The fraction of sp³-hybridized carbons (Fsp3) is 0.250. The van der Waals surface area contributed by atoms with Crippen LogP contribution in [0.15, 0.2) is 12.1 Å². The third-order valence-corrected chi connectivity index (χ3v) is 1.91. The summed E-state index contributed by atoms with van der Waals surface area (Å²) in [5.41, 5.74) is -1.10. The topological polar surface area (TPSA) is 20.2 Å². The molecule has 0 spiro atoms. The van der Waals surface area contributed by atoms with Crippen molar-refractivity contribution in [1.29, 1.82) is 0 Å². The fourth-order valence-corrected chi connectivity index (χ4v) is 1.10. The first kappa shape index (κ1) is 11.3. The number of alkyl halides is 2. The predicted octanol–water partition coefficient (Wildman–Crippen LogP) is 2.92. The van der Waals surface area contributed by atoms with Gasteiger partial charge < -0.3 is 5.11 Å². The van der Waals surface area contributed by atoms with Gasteiger partial charge in [-0.05, 0) is 12.1 Å². The summed E-state index contributed by atoms with van der Waals surface area (Å²) in [6.07, 6.45) is -5.77. The lowest BCUT2D eigenvalue weighted by molar-refractivity contribution is -0.00976. The minimum Gasteiger partial charge on any atom is -0.382 e. The standard InChI is InChI=1S/C8H5ClF4O/c9-3-1-2-4(10)5(6(3)11)7(14)8(12)13/h1-2,7-8,14H. The Bertz CT molecular complexity index is 342. The van der Waals surface area contributed by atoms with Gasteiger partial charge in [0.15, 0.2) is 5.82 Å². The van der Waals surface area contributed by atoms with Crippen LogP contribution in [-0.4, -0.2) is 11.5 Å². The van der Waals surface area contributed by atoms with E-state index < -0.39 is 34.7 Å². The Hall–Kier alpha value is -0.810. The second-order valence-corrected chi connectivity index (χ2v) is 2.94. The molecule has 0 radical (unpaired) electrons. The van der Waals surface area contributed by atoms with Crippen molar-refractivity contribution in [3.8, 4) is 0 Å². The van der Waals surface area contributed by atoms with Gasteiger partial charge in [0, 0.05) is 0 Å². The molecule has 0 aliphatic heterocycles. The highest BCUT2D eigenvalue weighted by atomic mass is 35.5. The van der Waals surface area contributed by atoms with Crippen LogP contribution in [0.1, 0.15) is 11.7 Å². The van der Waals surface area contributed by atoms with Gasteiger partial charge in [-0.15, -0.1) is 0 Å². The molecule has 0 saturated carbocycles. The Labute approximate surface area is 81.9 Å². The number of rotatable bonds is 2. The molecule has 0 saturated heterocycles. The summed E-state index contributed by atoms with van der Waals surface area (Å²) in [5.74, 6) is -2.61. The molecule has 0 aliphatic rings. The van der Waals surface area contributed by atoms with Gasteiger partial charge in [0.1, 0.15) is 11.9 Å². The molecule has 0 bridgehead atoms. The first-order valence-electron chi connectivity index (χ1n) is 3.54. The van der Waals surface area contributed by atoms with Gasteiger partial charge in [-0.1, -0.05) is 11.6 Å². The van der Waals surface area contributed by atoms with Crippen LogP contribution in [0.4, 0.5) is 17.6 Å². The smallest absolute Gasteiger partial charge is 0.268 e. The van der Waals surface area contributed by atoms with Crippen LogP contribution in [0, 0.1) is 11.6 Å². The Morgan fingerprint density at radius 3 is 2.29 bits per heavy atom. The van der Waals surface area contributed by atoms with E-state index in [1.54, 1.807) is 0 Å². The first-order valence-corrected chi connectivity index (χ1v) is 3.92. The quantitative estimate of drug-likeness (QED) is 0.610. The number of aliphatic hydroxyl groups excluding tert-OH is 1. The van der Waals surface area contributed by atoms with Gasteiger partial charge in [0.25, 0.3) is 6.43 Å². The normalized spacial score (nSPS) is 13.4. The summed E-state index contributed by atoms with van der Waals surface area (Å²) in [4.78, 5) is 0. The fourth-order valence-electron chi connectivity index (χ4n) is 0.940. The Kier molecular flexibility index (Phi) is 3.34. The van der Waals surface area contributed by atoms with Crippen molar-refractivity contribution in [3.63, 3.8) is 0 Å². The average Bonchev–Trinajstić information content (AvgIpc) is 2.12. The maximum absolute atomic E-state index is 13.0. The van der Waals surface area contributed by atoms with E-state index in [0.29, 0.717) is 6.07 Å². The summed E-state index contributed by atoms with van der Waals surface area (Å²) in [6.45, 7) is 0. The van der Waals surface area contributed by atoms with Crippen LogP contribution in [-0.2, 0) is 0 Å². The van der Waals surface area contributed by atoms with Crippen LogP contribution >= 0.6 is 11.6 Å². The second-order valence-electron chi connectivity index (χ2n) is 2.54. The minimum absolute atomic E-state index is 0.513. The van der Waals surface area contributed by atoms with E-state index in [2.05, 4.69) is 0 Å². The van der Waals surface area contributed by atoms with Crippen molar-refractivity contribution < 1.29 is 22.7 Å². The second kappa shape index (κ2) is 4.14. The van der Waals surface area contributed by atoms with E-state index in [-0.39, 0.29) is 0 Å². The van der Waals surface area contributed by atoms with Gasteiger partial charge in [-0.2, -0.15) is 0 Å². The van der Waals surface area contributed by atoms with Crippen molar-refractivity contribution >= 4 is 11.6 Å². The summed E-state index contributed by atoms with van der Waals surface area (Å²) < 4.78 is 49.8. The van der Waals surface area contributed by atoms with E-state index in [1.165, 1.54) is 0 Å². The Morgan fingerprint density at radius 2 is 1.79 bits per heavy atom. The molecule has 78 valence electrons. The van der Waals surface area contributed by atoms with Crippen LogP contribution in [0.25, 0.3) is 0 Å². The van der Waals surface area contributed by atoms with Crippen LogP contribution in [0.3, 0.4) is 0 Å². The molecular weight excluding hydrogens is 224 g/mol. The van der Waals surface area contributed by atoms with Crippen molar-refractivity contribution in [2.45, 2.75) is 12.5 Å². The van der Waals surface area contributed by atoms with Crippen LogP contribution in [0.5, 0.6) is 0 Å². The van der Waals surface area contributed by atoms with E-state index >= 15 is 0 Å². The van der Waals surface area contributed by atoms with Crippen molar-refractivity contribution in [2.75, 3.05) is 0 Å². The number of halogens is 5. The molecule has 6 heteroatoms. The largest absolute Gasteiger partial charge is 0.382 e. The molecule has 1 rings (SSSR count). The number of benzene rings is 1. The summed E-state index contributed by atoms with van der Waals surface area (Å²) in [5, 5.41) is 8.28. The van der Waals surface area contributed by atoms with Crippen LogP contribution < -0.4 is 0 Å². The number of hydrogen-bond acceptors (Lipinski definition) is 1. The molecular formula is C8H5ClF4O. The lowest BCUT2D eigenvalue weighted by atomic mass is 10.1. The molecule has 1 nitrogen and oxygen atoms in total. The third kappa shape index (κ3) is 1.99. The minimum atomic E-state index is -3.27. The molecule has 1 aromatic rings. The summed E-state index contributed by atoms with van der Waals surface area (Å²) in [7, 11) is 0. The highest BCUT2D eigenvalue weighted by Gasteiger charge is 2.27. The molecule has 1 aromatic carbocycles. The SMILES string of the molecule is OC(c1c(F)ccc(Cl)c1F)C(F)F. The lowest BCUT2D eigenvalue weighted by Gasteiger charge is -2.12. The molecule has 0 aromatic heterocycles.